The van der Waals surface area contributed by atoms with Crippen molar-refractivity contribution in [1.29, 1.82) is 0 Å². The van der Waals surface area contributed by atoms with Crippen molar-refractivity contribution in [2.75, 3.05) is 53.0 Å². The highest BCUT2D eigenvalue weighted by molar-refractivity contribution is 5.79. The molecule has 1 aromatic rings. The fourth-order valence-corrected chi connectivity index (χ4v) is 3.64. The number of morpholine rings is 1. The third kappa shape index (κ3) is 8.90. The normalized spacial score (nSPS) is 20.2. The summed E-state index contributed by atoms with van der Waals surface area (Å²) in [5.41, 5.74) is 2.25. The van der Waals surface area contributed by atoms with Gasteiger partial charge in [0.15, 0.2) is 5.96 Å². The second kappa shape index (κ2) is 13.5. The minimum absolute atomic E-state index is 0.315. The van der Waals surface area contributed by atoms with E-state index in [0.717, 1.165) is 56.4 Å². The number of aliphatic imine (C=N–C) groups is 1. The van der Waals surface area contributed by atoms with Crippen LogP contribution in [0.3, 0.4) is 0 Å². The van der Waals surface area contributed by atoms with Gasteiger partial charge in [-0.2, -0.15) is 0 Å². The van der Waals surface area contributed by atoms with Gasteiger partial charge in [0.1, 0.15) is 12.4 Å². The maximum absolute atomic E-state index is 5.88. The van der Waals surface area contributed by atoms with Gasteiger partial charge in [0.2, 0.25) is 0 Å². The van der Waals surface area contributed by atoms with E-state index in [1.807, 2.05) is 0 Å². The Labute approximate surface area is 182 Å². The van der Waals surface area contributed by atoms with Crippen molar-refractivity contribution in [2.45, 2.75) is 52.9 Å². The molecule has 2 rings (SSSR count). The summed E-state index contributed by atoms with van der Waals surface area (Å²) in [6.07, 6.45) is 1.70. The molecule has 0 aromatic heterocycles. The number of nitrogens with zero attached hydrogens (tertiary/aromatic N) is 2. The monoisotopic (exact) mass is 420 g/mol. The van der Waals surface area contributed by atoms with Crippen molar-refractivity contribution < 1.29 is 14.2 Å². The van der Waals surface area contributed by atoms with Gasteiger partial charge in [-0.05, 0) is 45.7 Å². The predicted octanol–water partition coefficient (Wildman–Crippen LogP) is 2.57. The number of guanidine groups is 1. The van der Waals surface area contributed by atoms with E-state index in [1.54, 1.807) is 7.11 Å². The number of hydrogen-bond donors (Lipinski definition) is 2. The quantitative estimate of drug-likeness (QED) is 0.326. The van der Waals surface area contributed by atoms with Crippen LogP contribution in [0.2, 0.25) is 0 Å². The van der Waals surface area contributed by atoms with E-state index in [9.17, 15) is 0 Å². The van der Waals surface area contributed by atoms with Crippen LogP contribution in [0.5, 0.6) is 5.75 Å². The summed E-state index contributed by atoms with van der Waals surface area (Å²) in [6.45, 7) is 14.9. The number of nitrogens with one attached hydrogen (secondary N) is 2. The van der Waals surface area contributed by atoms with Crippen LogP contribution in [0.4, 0.5) is 0 Å². The fourth-order valence-electron chi connectivity index (χ4n) is 3.64. The smallest absolute Gasteiger partial charge is 0.191 e. The molecule has 2 unspecified atom stereocenters. The molecule has 0 saturated carbocycles. The largest absolute Gasteiger partial charge is 0.491 e. The number of hydrogen-bond acceptors (Lipinski definition) is 5. The van der Waals surface area contributed by atoms with Crippen LogP contribution in [0.15, 0.2) is 23.2 Å². The average molecular weight is 421 g/mol. The van der Waals surface area contributed by atoms with E-state index in [-0.39, 0.29) is 0 Å². The lowest BCUT2D eigenvalue weighted by molar-refractivity contribution is -0.0679. The second-order valence-electron chi connectivity index (χ2n) is 7.94. The van der Waals surface area contributed by atoms with Gasteiger partial charge >= 0.3 is 0 Å². The third-order valence-electron chi connectivity index (χ3n) is 4.96. The van der Waals surface area contributed by atoms with Gasteiger partial charge in [-0.3, -0.25) is 4.90 Å². The molecule has 2 atom stereocenters. The Morgan fingerprint density at radius 2 is 1.97 bits per heavy atom. The molecule has 7 heteroatoms. The van der Waals surface area contributed by atoms with E-state index >= 15 is 0 Å². The summed E-state index contributed by atoms with van der Waals surface area (Å²) in [5.74, 6) is 1.71. The Balaban J connectivity index is 1.85. The van der Waals surface area contributed by atoms with Gasteiger partial charge in [-0.15, -0.1) is 0 Å². The minimum Gasteiger partial charge on any atom is -0.491 e. The summed E-state index contributed by atoms with van der Waals surface area (Å²) in [6, 6.07) is 6.25. The highest BCUT2D eigenvalue weighted by Crippen LogP contribution is 2.21. The van der Waals surface area contributed by atoms with E-state index in [0.29, 0.717) is 32.0 Å². The predicted molar refractivity (Wildman–Crippen MR) is 122 cm³/mol. The van der Waals surface area contributed by atoms with Crippen molar-refractivity contribution in [3.05, 3.63) is 29.3 Å². The highest BCUT2D eigenvalue weighted by atomic mass is 16.5. The maximum atomic E-state index is 5.88. The molecule has 7 nitrogen and oxygen atoms in total. The standard InChI is InChI=1S/C23H40N4O3/c1-6-24-23(25-10-7-11-27-16-19(3)30-20(4)17-27)26-15-21-9-8-18(2)14-22(21)29-13-12-28-5/h8-9,14,19-20H,6-7,10-13,15-17H2,1-5H3,(H2,24,25,26). The second-order valence-corrected chi connectivity index (χ2v) is 7.94. The first-order valence-corrected chi connectivity index (χ1v) is 11.1. The Morgan fingerprint density at radius 3 is 2.67 bits per heavy atom. The molecule has 1 aliphatic heterocycles. The zero-order chi connectivity index (χ0) is 21.8. The summed E-state index contributed by atoms with van der Waals surface area (Å²) < 4.78 is 16.8. The molecular formula is C23H40N4O3. The Kier molecular flexibility index (Phi) is 11.0. The zero-order valence-corrected chi connectivity index (χ0v) is 19.4. The molecule has 0 spiro atoms. The number of ether oxygens (including phenoxy) is 3. The summed E-state index contributed by atoms with van der Waals surface area (Å²) in [4.78, 5) is 7.25. The molecule has 1 aliphatic rings. The van der Waals surface area contributed by atoms with Crippen LogP contribution in [-0.4, -0.2) is 76.1 Å². The van der Waals surface area contributed by atoms with Crippen LogP contribution < -0.4 is 15.4 Å². The van der Waals surface area contributed by atoms with Gasteiger partial charge in [-0.1, -0.05) is 12.1 Å². The Morgan fingerprint density at radius 1 is 1.20 bits per heavy atom. The van der Waals surface area contributed by atoms with Gasteiger partial charge in [0, 0.05) is 45.4 Å². The zero-order valence-electron chi connectivity index (χ0n) is 19.4. The number of aryl methyl sites for hydroxylation is 1. The van der Waals surface area contributed by atoms with E-state index in [4.69, 9.17) is 19.2 Å². The molecule has 1 heterocycles. The number of rotatable bonds is 11. The number of benzene rings is 1. The Bertz CT molecular complexity index is 643. The third-order valence-corrected chi connectivity index (χ3v) is 4.96. The Hall–Kier alpha value is -1.83. The molecule has 1 fully saturated rings. The molecule has 1 saturated heterocycles. The highest BCUT2D eigenvalue weighted by Gasteiger charge is 2.21. The van der Waals surface area contributed by atoms with E-state index in [2.05, 4.69) is 61.4 Å². The molecule has 0 radical (unpaired) electrons. The first-order chi connectivity index (χ1) is 14.5. The lowest BCUT2D eigenvalue weighted by Crippen LogP contribution is -2.46. The lowest BCUT2D eigenvalue weighted by Gasteiger charge is -2.35. The van der Waals surface area contributed by atoms with Crippen molar-refractivity contribution in [1.82, 2.24) is 15.5 Å². The summed E-state index contributed by atoms with van der Waals surface area (Å²) in [7, 11) is 1.68. The summed E-state index contributed by atoms with van der Waals surface area (Å²) in [5, 5.41) is 6.79. The fraction of sp³-hybridized carbons (Fsp3) is 0.696. The first kappa shape index (κ1) is 24.4. The van der Waals surface area contributed by atoms with Gasteiger partial charge in [-0.25, -0.2) is 4.99 Å². The SMILES string of the molecule is CCNC(=NCc1ccc(C)cc1OCCOC)NCCCN1CC(C)OC(C)C1. The minimum atomic E-state index is 0.315. The van der Waals surface area contributed by atoms with Crippen LogP contribution in [0, 0.1) is 6.92 Å². The van der Waals surface area contributed by atoms with Crippen LogP contribution >= 0.6 is 0 Å². The molecule has 1 aromatic carbocycles. The maximum Gasteiger partial charge on any atom is 0.191 e. The van der Waals surface area contributed by atoms with Crippen molar-refractivity contribution in [3.63, 3.8) is 0 Å². The van der Waals surface area contributed by atoms with E-state index in [1.165, 1.54) is 5.56 Å². The number of methoxy groups -OCH3 is 1. The van der Waals surface area contributed by atoms with Gasteiger partial charge in [0.05, 0.1) is 25.4 Å². The van der Waals surface area contributed by atoms with E-state index < -0.39 is 0 Å². The van der Waals surface area contributed by atoms with Gasteiger partial charge < -0.3 is 24.8 Å². The topological polar surface area (TPSA) is 67.4 Å². The molecule has 0 aliphatic carbocycles. The molecule has 30 heavy (non-hydrogen) atoms. The molecule has 0 amide bonds. The lowest BCUT2D eigenvalue weighted by atomic mass is 10.1. The first-order valence-electron chi connectivity index (χ1n) is 11.1. The van der Waals surface area contributed by atoms with Crippen LogP contribution in [0.1, 0.15) is 38.3 Å². The molecular weight excluding hydrogens is 380 g/mol. The van der Waals surface area contributed by atoms with Crippen LogP contribution in [-0.2, 0) is 16.0 Å². The van der Waals surface area contributed by atoms with Crippen LogP contribution in [0.25, 0.3) is 0 Å². The van der Waals surface area contributed by atoms with Gasteiger partial charge in [0.25, 0.3) is 0 Å². The average Bonchev–Trinajstić information content (AvgIpc) is 2.70. The van der Waals surface area contributed by atoms with Crippen molar-refractivity contribution >= 4 is 5.96 Å². The molecule has 0 bridgehead atoms. The molecule has 170 valence electrons. The van der Waals surface area contributed by atoms with Crippen molar-refractivity contribution in [2.24, 2.45) is 4.99 Å². The summed E-state index contributed by atoms with van der Waals surface area (Å²) >= 11 is 0. The molecule has 2 N–H and O–H groups in total. The van der Waals surface area contributed by atoms with Crippen molar-refractivity contribution in [3.8, 4) is 5.75 Å².